The van der Waals surface area contributed by atoms with E-state index in [4.69, 9.17) is 9.15 Å². The van der Waals surface area contributed by atoms with Crippen molar-refractivity contribution in [1.82, 2.24) is 5.32 Å². The van der Waals surface area contributed by atoms with Gasteiger partial charge in [0.2, 0.25) is 0 Å². The second kappa shape index (κ2) is 6.93. The highest BCUT2D eigenvalue weighted by Crippen LogP contribution is 2.53. The topological polar surface area (TPSA) is 51.5 Å². The fourth-order valence-corrected chi connectivity index (χ4v) is 6.75. The zero-order valence-corrected chi connectivity index (χ0v) is 16.9. The molecule has 7 rings (SSSR count). The summed E-state index contributed by atoms with van der Waals surface area (Å²) in [6.45, 7) is 0.351. The Balaban J connectivity index is 1.08. The summed E-state index contributed by atoms with van der Waals surface area (Å²) in [5.41, 5.74) is 2.84. The normalized spacial score (nSPS) is 31.7. The lowest BCUT2D eigenvalue weighted by atomic mass is 9.54. The van der Waals surface area contributed by atoms with Crippen molar-refractivity contribution in [2.24, 2.45) is 23.7 Å². The van der Waals surface area contributed by atoms with Crippen LogP contribution in [0.25, 0.3) is 0 Å². The highest BCUT2D eigenvalue weighted by molar-refractivity contribution is 5.91. The van der Waals surface area contributed by atoms with Crippen molar-refractivity contribution in [2.45, 2.75) is 64.0 Å². The predicted octanol–water partition coefficient (Wildman–Crippen LogP) is 4.90. The third-order valence-corrected chi connectivity index (χ3v) is 7.86. The maximum Gasteiger partial charge on any atom is 0.287 e. The summed E-state index contributed by atoms with van der Waals surface area (Å²) in [6.07, 6.45) is 10.2. The predicted molar refractivity (Wildman–Crippen MR) is 110 cm³/mol. The number of hydrogen-bond donors (Lipinski definition) is 1. The molecule has 2 aromatic rings. The van der Waals surface area contributed by atoms with Gasteiger partial charge >= 0.3 is 0 Å². The SMILES string of the molecule is O=C(NC1C2CC3CC(C2)CC1C3)c1ccc(COc2ccc3c(c2)CCC3)o1. The van der Waals surface area contributed by atoms with Gasteiger partial charge in [-0.05, 0) is 110 Å². The maximum atomic E-state index is 12.8. The Kier molecular flexibility index (Phi) is 4.21. The van der Waals surface area contributed by atoms with E-state index in [-0.39, 0.29) is 5.91 Å². The number of furan rings is 1. The summed E-state index contributed by atoms with van der Waals surface area (Å²) in [5, 5.41) is 3.32. The molecule has 4 nitrogen and oxygen atoms in total. The van der Waals surface area contributed by atoms with E-state index in [0.717, 1.165) is 24.0 Å². The minimum Gasteiger partial charge on any atom is -0.486 e. The first-order valence-electron chi connectivity index (χ1n) is 11.4. The third kappa shape index (κ3) is 3.27. The molecule has 5 aliphatic rings. The van der Waals surface area contributed by atoms with E-state index < -0.39 is 0 Å². The molecule has 1 aromatic carbocycles. The van der Waals surface area contributed by atoms with Gasteiger partial charge in [0.15, 0.2) is 5.76 Å². The van der Waals surface area contributed by atoms with E-state index in [1.54, 1.807) is 6.07 Å². The van der Waals surface area contributed by atoms with Crippen molar-refractivity contribution in [3.05, 3.63) is 53.0 Å². The summed E-state index contributed by atoms with van der Waals surface area (Å²) >= 11 is 0. The van der Waals surface area contributed by atoms with E-state index >= 15 is 0 Å². The van der Waals surface area contributed by atoms with E-state index in [0.29, 0.717) is 36.0 Å². The molecule has 1 N–H and O–H groups in total. The Morgan fingerprint density at radius 1 is 0.966 bits per heavy atom. The number of hydrogen-bond acceptors (Lipinski definition) is 3. The molecule has 4 heteroatoms. The lowest BCUT2D eigenvalue weighted by molar-refractivity contribution is -0.0123. The fourth-order valence-electron chi connectivity index (χ4n) is 6.75. The zero-order chi connectivity index (χ0) is 19.4. The van der Waals surface area contributed by atoms with Crippen LogP contribution < -0.4 is 10.1 Å². The molecular weight excluding hydrogens is 362 g/mol. The largest absolute Gasteiger partial charge is 0.486 e. The standard InChI is InChI=1S/C25H29NO3/c27-25(26-24-19-9-15-8-16(11-19)12-20(24)10-15)23-7-6-22(29-23)14-28-21-5-4-17-2-1-3-18(17)13-21/h4-7,13,15-16,19-20,24H,1-3,8-12,14H2,(H,26,27). The Morgan fingerprint density at radius 3 is 2.52 bits per heavy atom. The second-order valence-electron chi connectivity index (χ2n) is 9.77. The van der Waals surface area contributed by atoms with Crippen molar-refractivity contribution in [2.75, 3.05) is 0 Å². The average Bonchev–Trinajstić information content (AvgIpc) is 3.37. The molecule has 0 spiro atoms. The number of nitrogens with one attached hydrogen (secondary N) is 1. The number of carbonyl (C=O) groups excluding carboxylic acids is 1. The van der Waals surface area contributed by atoms with Crippen LogP contribution in [0.15, 0.2) is 34.7 Å². The van der Waals surface area contributed by atoms with E-state index in [1.165, 1.54) is 56.1 Å². The second-order valence-corrected chi connectivity index (χ2v) is 9.77. The number of amides is 1. The average molecular weight is 392 g/mol. The highest BCUT2D eigenvalue weighted by Gasteiger charge is 2.48. The van der Waals surface area contributed by atoms with Gasteiger partial charge in [0.25, 0.3) is 5.91 Å². The first-order valence-corrected chi connectivity index (χ1v) is 11.4. The van der Waals surface area contributed by atoms with E-state index in [1.807, 2.05) is 12.1 Å². The van der Waals surface area contributed by atoms with Gasteiger partial charge in [-0.2, -0.15) is 0 Å². The van der Waals surface area contributed by atoms with Crippen molar-refractivity contribution in [3.8, 4) is 5.75 Å². The third-order valence-electron chi connectivity index (χ3n) is 7.86. The molecule has 5 aliphatic carbocycles. The lowest BCUT2D eigenvalue weighted by Gasteiger charge is -2.54. The van der Waals surface area contributed by atoms with Crippen LogP contribution in [0, 0.1) is 23.7 Å². The van der Waals surface area contributed by atoms with Crippen LogP contribution in [-0.2, 0) is 19.4 Å². The Hall–Kier alpha value is -2.23. The molecule has 1 amide bonds. The molecule has 0 radical (unpaired) electrons. The number of benzene rings is 1. The van der Waals surface area contributed by atoms with Crippen molar-refractivity contribution in [3.63, 3.8) is 0 Å². The number of ether oxygens (including phenoxy) is 1. The van der Waals surface area contributed by atoms with Crippen molar-refractivity contribution < 1.29 is 13.9 Å². The lowest BCUT2D eigenvalue weighted by Crippen LogP contribution is -2.55. The van der Waals surface area contributed by atoms with E-state index in [9.17, 15) is 4.79 Å². The molecule has 4 fully saturated rings. The summed E-state index contributed by atoms with van der Waals surface area (Å²) in [6, 6.07) is 10.3. The monoisotopic (exact) mass is 391 g/mol. The van der Waals surface area contributed by atoms with Crippen LogP contribution in [-0.4, -0.2) is 11.9 Å². The van der Waals surface area contributed by atoms with Crippen LogP contribution >= 0.6 is 0 Å². The number of aryl methyl sites for hydroxylation is 2. The molecular formula is C25H29NO3. The molecule has 1 heterocycles. The van der Waals surface area contributed by atoms with Crippen LogP contribution in [0.1, 0.15) is 66.0 Å². The summed E-state index contributed by atoms with van der Waals surface area (Å²) in [5.74, 6) is 5.09. The number of carbonyl (C=O) groups is 1. The minimum absolute atomic E-state index is 0.0637. The van der Waals surface area contributed by atoms with Gasteiger partial charge < -0.3 is 14.5 Å². The van der Waals surface area contributed by atoms with Gasteiger partial charge in [0.05, 0.1) is 0 Å². The first-order chi connectivity index (χ1) is 14.2. The Morgan fingerprint density at radius 2 is 1.72 bits per heavy atom. The van der Waals surface area contributed by atoms with Gasteiger partial charge in [-0.3, -0.25) is 4.79 Å². The number of rotatable bonds is 5. The molecule has 4 saturated carbocycles. The molecule has 0 unspecified atom stereocenters. The molecule has 152 valence electrons. The minimum atomic E-state index is -0.0637. The summed E-state index contributed by atoms with van der Waals surface area (Å²) in [4.78, 5) is 12.8. The van der Waals surface area contributed by atoms with Gasteiger partial charge in [-0.15, -0.1) is 0 Å². The maximum absolute atomic E-state index is 12.8. The van der Waals surface area contributed by atoms with Gasteiger partial charge in [-0.25, -0.2) is 0 Å². The van der Waals surface area contributed by atoms with Crippen LogP contribution in [0.5, 0.6) is 5.75 Å². The van der Waals surface area contributed by atoms with Crippen LogP contribution in [0.3, 0.4) is 0 Å². The molecule has 1 aromatic heterocycles. The fraction of sp³-hybridized carbons (Fsp3) is 0.560. The van der Waals surface area contributed by atoms with Crippen LogP contribution in [0.4, 0.5) is 0 Å². The quantitative estimate of drug-likeness (QED) is 0.789. The van der Waals surface area contributed by atoms with Crippen molar-refractivity contribution in [1.29, 1.82) is 0 Å². The van der Waals surface area contributed by atoms with Gasteiger partial charge in [-0.1, -0.05) is 6.07 Å². The van der Waals surface area contributed by atoms with Crippen LogP contribution in [0.2, 0.25) is 0 Å². The van der Waals surface area contributed by atoms with Gasteiger partial charge in [0, 0.05) is 6.04 Å². The Labute approximate surface area is 172 Å². The number of fused-ring (bicyclic) bond motifs is 1. The van der Waals surface area contributed by atoms with Crippen molar-refractivity contribution >= 4 is 5.91 Å². The summed E-state index contributed by atoms with van der Waals surface area (Å²) in [7, 11) is 0. The highest BCUT2D eigenvalue weighted by atomic mass is 16.5. The van der Waals surface area contributed by atoms with E-state index in [2.05, 4.69) is 17.4 Å². The first kappa shape index (κ1) is 17.6. The molecule has 4 bridgehead atoms. The smallest absolute Gasteiger partial charge is 0.287 e. The summed E-state index contributed by atoms with van der Waals surface area (Å²) < 4.78 is 11.7. The van der Waals surface area contributed by atoms with Gasteiger partial charge in [0.1, 0.15) is 18.1 Å². The molecule has 0 saturated heterocycles. The zero-order valence-electron chi connectivity index (χ0n) is 16.9. The molecule has 0 aliphatic heterocycles. The molecule has 29 heavy (non-hydrogen) atoms. The molecule has 0 atom stereocenters. The Bertz CT molecular complexity index is 902.